The molecule has 0 saturated carbocycles. The maximum atomic E-state index is 13.7. The number of likely N-dealkylation sites (tertiary alicyclic amines) is 1. The third kappa shape index (κ3) is 9.07. The molecule has 2 saturated heterocycles. The second kappa shape index (κ2) is 12.9. The number of piperidine rings is 1. The zero-order valence-electron chi connectivity index (χ0n) is 23.1. The number of hydrogen-bond donors (Lipinski definition) is 1. The molecule has 202 valence electrons. The second-order valence-corrected chi connectivity index (χ2v) is 11.9. The highest BCUT2D eigenvalue weighted by Gasteiger charge is 2.35. The van der Waals surface area contributed by atoms with Crippen LogP contribution in [-0.2, 0) is 20.8 Å². The molecule has 2 fully saturated rings. The smallest absolute Gasteiger partial charge is 0.407 e. The van der Waals surface area contributed by atoms with Gasteiger partial charge >= 0.3 is 6.09 Å². The van der Waals surface area contributed by atoms with Gasteiger partial charge < -0.3 is 24.6 Å². The van der Waals surface area contributed by atoms with Crippen LogP contribution in [0.4, 0.5) is 4.79 Å². The van der Waals surface area contributed by atoms with E-state index in [0.29, 0.717) is 25.6 Å². The summed E-state index contributed by atoms with van der Waals surface area (Å²) in [6, 6.07) is 11.0. The molecule has 1 atom stereocenters. The maximum absolute atomic E-state index is 13.7. The Labute approximate surface area is 217 Å². The predicted molar refractivity (Wildman–Crippen MR) is 143 cm³/mol. The lowest BCUT2D eigenvalue weighted by Gasteiger charge is -2.42. The minimum Gasteiger partial charge on any atom is -0.444 e. The summed E-state index contributed by atoms with van der Waals surface area (Å²) in [6.45, 7) is 14.8. The van der Waals surface area contributed by atoms with Gasteiger partial charge in [-0.15, -0.1) is 0 Å². The third-order valence-corrected chi connectivity index (χ3v) is 7.59. The van der Waals surface area contributed by atoms with Crippen molar-refractivity contribution in [3.05, 3.63) is 35.9 Å². The molecule has 1 N–H and O–H groups in total. The average Bonchev–Trinajstić information content (AvgIpc) is 2.82. The summed E-state index contributed by atoms with van der Waals surface area (Å²) in [5.41, 5.74) is 0.732. The van der Waals surface area contributed by atoms with Gasteiger partial charge in [-0.1, -0.05) is 37.3 Å². The minimum absolute atomic E-state index is 0.0284. The van der Waals surface area contributed by atoms with Crippen molar-refractivity contribution in [2.75, 3.05) is 32.8 Å². The highest BCUT2D eigenvalue weighted by molar-refractivity contribution is 5.77. The quantitative estimate of drug-likeness (QED) is 0.516. The monoisotopic (exact) mass is 501 g/mol. The maximum Gasteiger partial charge on any atom is 0.407 e. The van der Waals surface area contributed by atoms with E-state index in [0.717, 1.165) is 58.4 Å². The first-order valence-corrected chi connectivity index (χ1v) is 13.7. The lowest BCUT2D eigenvalue weighted by Crippen LogP contribution is -2.50. The number of benzene rings is 1. The van der Waals surface area contributed by atoms with E-state index < -0.39 is 5.60 Å². The van der Waals surface area contributed by atoms with E-state index in [2.05, 4.69) is 41.1 Å². The van der Waals surface area contributed by atoms with Crippen LogP contribution in [0, 0.1) is 5.41 Å². The molecule has 7 nitrogen and oxygen atoms in total. The van der Waals surface area contributed by atoms with Gasteiger partial charge in [0, 0.05) is 57.9 Å². The standard InChI is InChI=1S/C29H47N3O4/c1-23(11-16-30-27(34)36-28(2,3)4)31-17-12-25(13-18-31)32(22-24-9-7-6-8-10-24)26(33)21-29(5)14-19-35-20-15-29/h6-10,23,25H,11-22H2,1-5H3,(H,30,34)/t23-/m1/s1. The van der Waals surface area contributed by atoms with E-state index in [4.69, 9.17) is 9.47 Å². The largest absolute Gasteiger partial charge is 0.444 e. The highest BCUT2D eigenvalue weighted by Crippen LogP contribution is 2.35. The van der Waals surface area contributed by atoms with Crippen LogP contribution >= 0.6 is 0 Å². The topological polar surface area (TPSA) is 71.1 Å². The van der Waals surface area contributed by atoms with Crippen molar-refractivity contribution >= 4 is 12.0 Å². The molecule has 1 aromatic rings. The van der Waals surface area contributed by atoms with E-state index in [-0.39, 0.29) is 23.5 Å². The Balaban J connectivity index is 1.54. The van der Waals surface area contributed by atoms with Crippen LogP contribution in [0.1, 0.15) is 78.7 Å². The molecule has 3 rings (SSSR count). The molecule has 0 unspecified atom stereocenters. The molecule has 7 heteroatoms. The van der Waals surface area contributed by atoms with Crippen LogP contribution in [0.3, 0.4) is 0 Å². The molecule has 0 spiro atoms. The number of rotatable bonds is 9. The van der Waals surface area contributed by atoms with Crippen LogP contribution < -0.4 is 5.32 Å². The van der Waals surface area contributed by atoms with Crippen molar-refractivity contribution in [1.29, 1.82) is 0 Å². The Morgan fingerprint density at radius 2 is 1.81 bits per heavy atom. The number of nitrogens with one attached hydrogen (secondary N) is 1. The molecule has 0 aliphatic carbocycles. The summed E-state index contributed by atoms with van der Waals surface area (Å²) >= 11 is 0. The van der Waals surface area contributed by atoms with E-state index in [1.165, 1.54) is 5.56 Å². The van der Waals surface area contributed by atoms with Crippen molar-refractivity contribution in [3.63, 3.8) is 0 Å². The summed E-state index contributed by atoms with van der Waals surface area (Å²) in [7, 11) is 0. The first kappa shape index (κ1) is 28.5. The number of amides is 2. The second-order valence-electron chi connectivity index (χ2n) is 11.9. The molecule has 2 heterocycles. The van der Waals surface area contributed by atoms with Crippen LogP contribution in [0.15, 0.2) is 30.3 Å². The number of nitrogens with zero attached hydrogens (tertiary/aromatic N) is 2. The van der Waals surface area contributed by atoms with Crippen molar-refractivity contribution in [3.8, 4) is 0 Å². The van der Waals surface area contributed by atoms with Gasteiger partial charge in [0.15, 0.2) is 0 Å². The van der Waals surface area contributed by atoms with Gasteiger partial charge in [0.1, 0.15) is 5.60 Å². The fraction of sp³-hybridized carbons (Fsp3) is 0.724. The van der Waals surface area contributed by atoms with Crippen LogP contribution in [0.5, 0.6) is 0 Å². The molecule has 2 aliphatic rings. The Morgan fingerprint density at radius 3 is 2.42 bits per heavy atom. The van der Waals surface area contributed by atoms with Crippen molar-refractivity contribution in [1.82, 2.24) is 15.1 Å². The number of carbonyl (C=O) groups is 2. The summed E-state index contributed by atoms with van der Waals surface area (Å²) in [5, 5.41) is 2.87. The zero-order chi connectivity index (χ0) is 26.2. The average molecular weight is 502 g/mol. The zero-order valence-corrected chi connectivity index (χ0v) is 23.1. The number of alkyl carbamates (subject to hydrolysis) is 1. The normalized spacial score (nSPS) is 19.9. The van der Waals surface area contributed by atoms with Crippen molar-refractivity contribution in [2.45, 2.75) is 97.4 Å². The molecule has 2 amide bonds. The lowest BCUT2D eigenvalue weighted by molar-refractivity contribution is -0.139. The molecule has 1 aromatic carbocycles. The first-order valence-electron chi connectivity index (χ1n) is 13.7. The van der Waals surface area contributed by atoms with Gasteiger partial charge in [0.25, 0.3) is 0 Å². The molecule has 0 aromatic heterocycles. The summed E-state index contributed by atoms with van der Waals surface area (Å²) < 4.78 is 10.9. The van der Waals surface area contributed by atoms with E-state index in [9.17, 15) is 9.59 Å². The SMILES string of the molecule is C[C@H](CCNC(=O)OC(C)(C)C)N1CCC(N(Cc2ccccc2)C(=O)CC2(C)CCOCC2)CC1. The summed E-state index contributed by atoms with van der Waals surface area (Å²) in [6.07, 6.45) is 4.95. The predicted octanol–water partition coefficient (Wildman–Crippen LogP) is 4.99. The van der Waals surface area contributed by atoms with Crippen LogP contribution in [0.25, 0.3) is 0 Å². The lowest BCUT2D eigenvalue weighted by atomic mass is 9.79. The summed E-state index contributed by atoms with van der Waals surface area (Å²) in [4.78, 5) is 30.2. The first-order chi connectivity index (χ1) is 17.0. The van der Waals surface area contributed by atoms with Crippen LogP contribution in [0.2, 0.25) is 0 Å². The Bertz CT molecular complexity index is 825. The van der Waals surface area contributed by atoms with E-state index in [1.807, 2.05) is 39.0 Å². The Morgan fingerprint density at radius 1 is 1.17 bits per heavy atom. The van der Waals surface area contributed by atoms with Crippen molar-refractivity contribution < 1.29 is 19.1 Å². The number of carbonyl (C=O) groups excluding carboxylic acids is 2. The minimum atomic E-state index is -0.483. The molecule has 36 heavy (non-hydrogen) atoms. The molecular formula is C29H47N3O4. The summed E-state index contributed by atoms with van der Waals surface area (Å²) in [5.74, 6) is 0.274. The molecular weight excluding hydrogens is 454 g/mol. The number of hydrogen-bond acceptors (Lipinski definition) is 5. The molecule has 0 bridgehead atoms. The van der Waals surface area contributed by atoms with Gasteiger partial charge in [-0.2, -0.15) is 0 Å². The van der Waals surface area contributed by atoms with E-state index in [1.54, 1.807) is 0 Å². The molecule has 0 radical (unpaired) electrons. The van der Waals surface area contributed by atoms with Crippen molar-refractivity contribution in [2.24, 2.45) is 5.41 Å². The molecule has 2 aliphatic heterocycles. The number of ether oxygens (including phenoxy) is 2. The third-order valence-electron chi connectivity index (χ3n) is 7.59. The van der Waals surface area contributed by atoms with Crippen LogP contribution in [-0.4, -0.2) is 72.3 Å². The fourth-order valence-electron chi connectivity index (χ4n) is 5.23. The Kier molecular flexibility index (Phi) is 10.2. The highest BCUT2D eigenvalue weighted by atomic mass is 16.6. The van der Waals surface area contributed by atoms with Gasteiger partial charge in [-0.05, 0) is 70.8 Å². The van der Waals surface area contributed by atoms with Gasteiger partial charge in [-0.25, -0.2) is 4.79 Å². The van der Waals surface area contributed by atoms with Gasteiger partial charge in [0.2, 0.25) is 5.91 Å². The fourth-order valence-corrected chi connectivity index (χ4v) is 5.23. The van der Waals surface area contributed by atoms with E-state index >= 15 is 0 Å². The van der Waals surface area contributed by atoms with Gasteiger partial charge in [0.05, 0.1) is 0 Å². The Hall–Kier alpha value is -2.12. The van der Waals surface area contributed by atoms with Gasteiger partial charge in [-0.3, -0.25) is 4.79 Å².